The number of halogens is 1. The summed E-state index contributed by atoms with van der Waals surface area (Å²) in [5.41, 5.74) is 7.52. The van der Waals surface area contributed by atoms with E-state index in [1.54, 1.807) is 0 Å². The second-order valence-electron chi connectivity index (χ2n) is 8.61. The summed E-state index contributed by atoms with van der Waals surface area (Å²) in [5.74, 6) is 0.852. The van der Waals surface area contributed by atoms with E-state index in [1.807, 2.05) is 24.3 Å². The Kier molecular flexibility index (Phi) is 6.34. The fourth-order valence-electron chi connectivity index (χ4n) is 5.16. The standard InChI is InChI=1S/C30H27BrO2/c31-24-14-17-27-26-10-4-5-11-28(26)30(29(27)20-24,23-8-2-1-3-9-23)18-6-7-19-33-25-15-12-22(21-32)13-16-25/h1-5,8-17,20,32H,6-7,18-19,21H2. The maximum absolute atomic E-state index is 9.21. The van der Waals surface area contributed by atoms with Gasteiger partial charge in [-0.25, -0.2) is 0 Å². The topological polar surface area (TPSA) is 29.5 Å². The van der Waals surface area contributed by atoms with Crippen molar-refractivity contribution in [3.05, 3.63) is 124 Å². The number of hydrogen-bond donors (Lipinski definition) is 1. The number of aliphatic hydroxyl groups is 1. The van der Waals surface area contributed by atoms with Crippen LogP contribution in [0, 0.1) is 0 Å². The minimum absolute atomic E-state index is 0.0565. The summed E-state index contributed by atoms with van der Waals surface area (Å²) in [6.07, 6.45) is 3.04. The average Bonchev–Trinajstić information content (AvgIpc) is 3.14. The van der Waals surface area contributed by atoms with Crippen LogP contribution in [0.4, 0.5) is 0 Å². The molecule has 0 bridgehead atoms. The van der Waals surface area contributed by atoms with Gasteiger partial charge in [0.25, 0.3) is 0 Å². The molecular formula is C30H27BrO2. The molecule has 0 radical (unpaired) electrons. The van der Waals surface area contributed by atoms with Gasteiger partial charge in [0.1, 0.15) is 5.75 Å². The summed E-state index contributed by atoms with van der Waals surface area (Å²) in [4.78, 5) is 0. The zero-order chi connectivity index (χ0) is 22.7. The van der Waals surface area contributed by atoms with Crippen molar-refractivity contribution >= 4 is 15.9 Å². The zero-order valence-electron chi connectivity index (χ0n) is 18.5. The summed E-state index contributed by atoms with van der Waals surface area (Å²) in [7, 11) is 0. The highest BCUT2D eigenvalue weighted by Crippen LogP contribution is 2.55. The van der Waals surface area contributed by atoms with Crippen molar-refractivity contribution in [2.24, 2.45) is 0 Å². The number of benzene rings is 4. The fourth-order valence-corrected chi connectivity index (χ4v) is 5.52. The molecule has 0 aromatic heterocycles. The maximum atomic E-state index is 9.21. The van der Waals surface area contributed by atoms with E-state index in [0.717, 1.165) is 35.0 Å². The number of ether oxygens (including phenoxy) is 1. The highest BCUT2D eigenvalue weighted by atomic mass is 79.9. The Bertz CT molecular complexity index is 1230. The normalized spacial score (nSPS) is 16.3. The van der Waals surface area contributed by atoms with Gasteiger partial charge in [0.15, 0.2) is 0 Å². The summed E-state index contributed by atoms with van der Waals surface area (Å²) in [5, 5.41) is 9.21. The van der Waals surface area contributed by atoms with Crippen LogP contribution in [0.25, 0.3) is 11.1 Å². The smallest absolute Gasteiger partial charge is 0.119 e. The molecular weight excluding hydrogens is 472 g/mol. The van der Waals surface area contributed by atoms with Gasteiger partial charge >= 0.3 is 0 Å². The van der Waals surface area contributed by atoms with E-state index in [0.29, 0.717) is 6.61 Å². The molecule has 0 saturated heterocycles. The number of rotatable bonds is 8. The average molecular weight is 499 g/mol. The Balaban J connectivity index is 1.42. The molecule has 33 heavy (non-hydrogen) atoms. The lowest BCUT2D eigenvalue weighted by atomic mass is 9.69. The second-order valence-corrected chi connectivity index (χ2v) is 9.53. The van der Waals surface area contributed by atoms with E-state index < -0.39 is 0 Å². The van der Waals surface area contributed by atoms with Gasteiger partial charge in [-0.3, -0.25) is 0 Å². The first-order valence-electron chi connectivity index (χ1n) is 11.5. The molecule has 0 heterocycles. The maximum Gasteiger partial charge on any atom is 0.119 e. The van der Waals surface area contributed by atoms with Gasteiger partial charge < -0.3 is 9.84 Å². The van der Waals surface area contributed by atoms with Crippen LogP contribution in [0.5, 0.6) is 5.75 Å². The van der Waals surface area contributed by atoms with Crippen molar-refractivity contribution in [2.45, 2.75) is 31.3 Å². The lowest BCUT2D eigenvalue weighted by Gasteiger charge is -2.33. The molecule has 1 unspecified atom stereocenters. The van der Waals surface area contributed by atoms with Crippen molar-refractivity contribution in [1.29, 1.82) is 0 Å². The molecule has 0 saturated carbocycles. The number of hydrogen-bond acceptors (Lipinski definition) is 2. The molecule has 5 rings (SSSR count). The van der Waals surface area contributed by atoms with Gasteiger partial charge in [0.05, 0.1) is 13.2 Å². The van der Waals surface area contributed by atoms with E-state index in [9.17, 15) is 5.11 Å². The van der Waals surface area contributed by atoms with E-state index in [4.69, 9.17) is 4.74 Å². The predicted molar refractivity (Wildman–Crippen MR) is 138 cm³/mol. The van der Waals surface area contributed by atoms with Crippen molar-refractivity contribution in [2.75, 3.05) is 6.61 Å². The largest absolute Gasteiger partial charge is 0.494 e. The molecule has 166 valence electrons. The van der Waals surface area contributed by atoms with Crippen LogP contribution >= 0.6 is 15.9 Å². The van der Waals surface area contributed by atoms with Crippen molar-refractivity contribution in [3.8, 4) is 16.9 Å². The Morgan fingerprint density at radius 1 is 0.727 bits per heavy atom. The number of aliphatic hydroxyl groups excluding tert-OH is 1. The molecule has 2 nitrogen and oxygen atoms in total. The predicted octanol–water partition coefficient (Wildman–Crippen LogP) is 7.51. The van der Waals surface area contributed by atoms with Crippen LogP contribution in [-0.4, -0.2) is 11.7 Å². The highest BCUT2D eigenvalue weighted by Gasteiger charge is 2.43. The van der Waals surface area contributed by atoms with Gasteiger partial charge in [-0.15, -0.1) is 0 Å². The van der Waals surface area contributed by atoms with Crippen molar-refractivity contribution in [3.63, 3.8) is 0 Å². The van der Waals surface area contributed by atoms with Gasteiger partial charge in [-0.05, 0) is 76.9 Å². The lowest BCUT2D eigenvalue weighted by molar-refractivity contribution is 0.280. The monoisotopic (exact) mass is 498 g/mol. The molecule has 1 atom stereocenters. The summed E-state index contributed by atoms with van der Waals surface area (Å²) < 4.78 is 7.09. The first-order chi connectivity index (χ1) is 16.2. The molecule has 0 aliphatic heterocycles. The highest BCUT2D eigenvalue weighted by molar-refractivity contribution is 9.10. The van der Waals surface area contributed by atoms with Crippen LogP contribution in [0.3, 0.4) is 0 Å². The fraction of sp³-hybridized carbons (Fsp3) is 0.200. The SMILES string of the molecule is OCc1ccc(OCCCCC2(c3ccccc3)c3ccccc3-c3ccc(Br)cc32)cc1. The Labute approximate surface area is 204 Å². The Morgan fingerprint density at radius 3 is 2.24 bits per heavy atom. The summed E-state index contributed by atoms with van der Waals surface area (Å²) >= 11 is 3.73. The van der Waals surface area contributed by atoms with Crippen LogP contribution in [0.1, 0.15) is 41.5 Å². The molecule has 4 aromatic carbocycles. The zero-order valence-corrected chi connectivity index (χ0v) is 20.1. The third-order valence-corrected chi connectivity index (χ3v) is 7.20. The second kappa shape index (κ2) is 9.54. The minimum atomic E-state index is -0.167. The quantitative estimate of drug-likeness (QED) is 0.254. The van der Waals surface area contributed by atoms with Crippen LogP contribution in [0.2, 0.25) is 0 Å². The summed E-state index contributed by atoms with van der Waals surface area (Å²) in [6.45, 7) is 0.733. The molecule has 3 heteroatoms. The van der Waals surface area contributed by atoms with E-state index in [1.165, 1.54) is 27.8 Å². The number of unbranched alkanes of at least 4 members (excludes halogenated alkanes) is 1. The van der Waals surface area contributed by atoms with Gasteiger partial charge in [0.2, 0.25) is 0 Å². The Morgan fingerprint density at radius 2 is 1.45 bits per heavy atom. The molecule has 0 spiro atoms. The molecule has 0 amide bonds. The minimum Gasteiger partial charge on any atom is -0.494 e. The van der Waals surface area contributed by atoms with Gasteiger partial charge in [0, 0.05) is 9.89 Å². The molecule has 0 fully saturated rings. The van der Waals surface area contributed by atoms with Crippen LogP contribution < -0.4 is 4.74 Å². The Hall–Kier alpha value is -2.88. The molecule has 4 aromatic rings. The molecule has 1 aliphatic carbocycles. The van der Waals surface area contributed by atoms with Gasteiger partial charge in [-0.2, -0.15) is 0 Å². The van der Waals surface area contributed by atoms with Gasteiger partial charge in [-0.1, -0.05) is 88.7 Å². The third-order valence-electron chi connectivity index (χ3n) is 6.71. The van der Waals surface area contributed by atoms with E-state index in [-0.39, 0.29) is 12.0 Å². The first kappa shape index (κ1) is 21.9. The lowest BCUT2D eigenvalue weighted by Crippen LogP contribution is -2.27. The van der Waals surface area contributed by atoms with Crippen LogP contribution in [0.15, 0.2) is 102 Å². The van der Waals surface area contributed by atoms with Crippen molar-refractivity contribution in [1.82, 2.24) is 0 Å². The number of fused-ring (bicyclic) bond motifs is 3. The third kappa shape index (κ3) is 4.12. The first-order valence-corrected chi connectivity index (χ1v) is 12.3. The molecule has 1 aliphatic rings. The van der Waals surface area contributed by atoms with Crippen molar-refractivity contribution < 1.29 is 9.84 Å². The molecule has 1 N–H and O–H groups in total. The summed E-state index contributed by atoms with van der Waals surface area (Å²) in [6, 6.07) is 34.2. The van der Waals surface area contributed by atoms with E-state index >= 15 is 0 Å². The van der Waals surface area contributed by atoms with E-state index in [2.05, 4.69) is 88.7 Å². The van der Waals surface area contributed by atoms with Crippen LogP contribution in [-0.2, 0) is 12.0 Å².